The van der Waals surface area contributed by atoms with Crippen molar-refractivity contribution in [3.8, 4) is 6.07 Å². The van der Waals surface area contributed by atoms with Crippen LogP contribution in [0.15, 0.2) is 6.07 Å². The summed E-state index contributed by atoms with van der Waals surface area (Å²) in [5.41, 5.74) is 2.67. The van der Waals surface area contributed by atoms with E-state index in [4.69, 9.17) is 0 Å². The summed E-state index contributed by atoms with van der Waals surface area (Å²) in [5.74, 6) is 2.32. The molecule has 1 aliphatic carbocycles. The van der Waals surface area contributed by atoms with Gasteiger partial charge >= 0.3 is 0 Å². The minimum absolute atomic E-state index is 0.689. The molecule has 1 aromatic rings. The monoisotopic (exact) mass is 257 g/mol. The number of aromatic nitrogens is 1. The van der Waals surface area contributed by atoms with Gasteiger partial charge in [-0.25, -0.2) is 4.98 Å². The molecule has 1 aromatic heterocycles. The SMILES string of the molecule is Cc1cc(C)c(C#N)c(NCC2CCCC(C)C2)n1. The summed E-state index contributed by atoms with van der Waals surface area (Å²) in [6, 6.07) is 4.23. The summed E-state index contributed by atoms with van der Waals surface area (Å²) in [6.07, 6.45) is 5.28. The van der Waals surface area contributed by atoms with E-state index in [0.717, 1.165) is 35.5 Å². The minimum atomic E-state index is 0.689. The maximum absolute atomic E-state index is 9.24. The van der Waals surface area contributed by atoms with Crippen LogP contribution < -0.4 is 5.32 Å². The molecule has 0 saturated heterocycles. The maximum atomic E-state index is 9.24. The van der Waals surface area contributed by atoms with E-state index in [-0.39, 0.29) is 0 Å². The van der Waals surface area contributed by atoms with Crippen LogP contribution in [0.5, 0.6) is 0 Å². The van der Waals surface area contributed by atoms with Gasteiger partial charge in [0.05, 0.1) is 5.56 Å². The average Bonchev–Trinajstić information content (AvgIpc) is 2.36. The van der Waals surface area contributed by atoms with Crippen molar-refractivity contribution in [1.82, 2.24) is 4.98 Å². The molecule has 0 aromatic carbocycles. The van der Waals surface area contributed by atoms with Crippen molar-refractivity contribution in [2.75, 3.05) is 11.9 Å². The molecule has 0 aliphatic heterocycles. The van der Waals surface area contributed by atoms with Crippen LogP contribution in [0.25, 0.3) is 0 Å². The molecule has 0 bridgehead atoms. The second kappa shape index (κ2) is 6.06. The van der Waals surface area contributed by atoms with E-state index >= 15 is 0 Å². The molecular formula is C16H23N3. The molecule has 0 radical (unpaired) electrons. The average molecular weight is 257 g/mol. The minimum Gasteiger partial charge on any atom is -0.369 e. The van der Waals surface area contributed by atoms with Crippen LogP contribution in [-0.2, 0) is 0 Å². The number of pyridine rings is 1. The Morgan fingerprint density at radius 1 is 1.42 bits per heavy atom. The summed E-state index contributed by atoms with van der Waals surface area (Å²) < 4.78 is 0. The lowest BCUT2D eigenvalue weighted by atomic mass is 9.82. The highest BCUT2D eigenvalue weighted by molar-refractivity contribution is 5.56. The number of hydrogen-bond acceptors (Lipinski definition) is 3. The maximum Gasteiger partial charge on any atom is 0.144 e. The predicted molar refractivity (Wildman–Crippen MR) is 78.0 cm³/mol. The Hall–Kier alpha value is -1.56. The summed E-state index contributed by atoms with van der Waals surface area (Å²) in [6.45, 7) is 7.22. The van der Waals surface area contributed by atoms with E-state index in [2.05, 4.69) is 23.3 Å². The highest BCUT2D eigenvalue weighted by Gasteiger charge is 2.19. The van der Waals surface area contributed by atoms with Gasteiger partial charge in [-0.15, -0.1) is 0 Å². The molecule has 2 unspecified atom stereocenters. The van der Waals surface area contributed by atoms with Crippen molar-refractivity contribution in [2.45, 2.75) is 46.5 Å². The number of anilines is 1. The van der Waals surface area contributed by atoms with Crippen LogP contribution in [0.1, 0.15) is 49.4 Å². The van der Waals surface area contributed by atoms with Crippen molar-refractivity contribution in [3.63, 3.8) is 0 Å². The van der Waals surface area contributed by atoms with E-state index in [1.807, 2.05) is 19.9 Å². The lowest BCUT2D eigenvalue weighted by molar-refractivity contribution is 0.293. The van der Waals surface area contributed by atoms with Gasteiger partial charge in [0.2, 0.25) is 0 Å². The van der Waals surface area contributed by atoms with Gasteiger partial charge < -0.3 is 5.32 Å². The molecule has 102 valence electrons. The first-order valence-electron chi connectivity index (χ1n) is 7.22. The number of rotatable bonds is 3. The van der Waals surface area contributed by atoms with E-state index in [1.165, 1.54) is 25.7 Å². The van der Waals surface area contributed by atoms with Crippen molar-refractivity contribution in [1.29, 1.82) is 5.26 Å². The first-order valence-corrected chi connectivity index (χ1v) is 7.22. The fourth-order valence-corrected chi connectivity index (χ4v) is 3.09. The van der Waals surface area contributed by atoms with Gasteiger partial charge in [-0.3, -0.25) is 0 Å². The lowest BCUT2D eigenvalue weighted by Crippen LogP contribution is -2.22. The second-order valence-electron chi connectivity index (χ2n) is 5.93. The summed E-state index contributed by atoms with van der Waals surface area (Å²) >= 11 is 0. The third-order valence-electron chi connectivity index (χ3n) is 4.06. The molecule has 1 aliphatic rings. The van der Waals surface area contributed by atoms with Gasteiger partial charge in [0, 0.05) is 12.2 Å². The quantitative estimate of drug-likeness (QED) is 0.895. The van der Waals surface area contributed by atoms with Gasteiger partial charge in [0.15, 0.2) is 0 Å². The zero-order valence-electron chi connectivity index (χ0n) is 12.2. The van der Waals surface area contributed by atoms with Crippen molar-refractivity contribution in [2.24, 2.45) is 11.8 Å². The Morgan fingerprint density at radius 3 is 2.89 bits per heavy atom. The number of aryl methyl sites for hydroxylation is 2. The summed E-state index contributed by atoms with van der Waals surface area (Å²) in [5, 5.41) is 12.6. The Labute approximate surface area is 116 Å². The second-order valence-corrected chi connectivity index (χ2v) is 5.93. The van der Waals surface area contributed by atoms with E-state index < -0.39 is 0 Å². The first-order chi connectivity index (χ1) is 9.10. The summed E-state index contributed by atoms with van der Waals surface area (Å²) in [7, 11) is 0. The van der Waals surface area contributed by atoms with Gasteiger partial charge in [-0.2, -0.15) is 5.26 Å². The first kappa shape index (κ1) is 13.9. The normalized spacial score (nSPS) is 22.8. The summed E-state index contributed by atoms with van der Waals surface area (Å²) in [4.78, 5) is 4.47. The number of nitrogens with zero attached hydrogens (tertiary/aromatic N) is 2. The van der Waals surface area contributed by atoms with Crippen molar-refractivity contribution < 1.29 is 0 Å². The van der Waals surface area contributed by atoms with E-state index in [9.17, 15) is 5.26 Å². The largest absolute Gasteiger partial charge is 0.369 e. The molecule has 1 saturated carbocycles. The molecule has 3 nitrogen and oxygen atoms in total. The Kier molecular flexibility index (Phi) is 4.42. The molecule has 19 heavy (non-hydrogen) atoms. The van der Waals surface area contributed by atoms with E-state index in [0.29, 0.717) is 5.56 Å². The number of nitrogens with one attached hydrogen (secondary N) is 1. The van der Waals surface area contributed by atoms with Crippen LogP contribution >= 0.6 is 0 Å². The fourth-order valence-electron chi connectivity index (χ4n) is 3.09. The molecule has 2 atom stereocenters. The number of hydrogen-bond donors (Lipinski definition) is 1. The fraction of sp³-hybridized carbons (Fsp3) is 0.625. The smallest absolute Gasteiger partial charge is 0.144 e. The highest BCUT2D eigenvalue weighted by atomic mass is 15.0. The lowest BCUT2D eigenvalue weighted by Gasteiger charge is -2.27. The zero-order chi connectivity index (χ0) is 13.8. The van der Waals surface area contributed by atoms with Crippen LogP contribution in [0.2, 0.25) is 0 Å². The van der Waals surface area contributed by atoms with Crippen LogP contribution in [-0.4, -0.2) is 11.5 Å². The molecular weight excluding hydrogens is 234 g/mol. The van der Waals surface area contributed by atoms with Gasteiger partial charge in [0.25, 0.3) is 0 Å². The van der Waals surface area contributed by atoms with Crippen LogP contribution in [0.3, 0.4) is 0 Å². The Bertz CT molecular complexity index is 488. The zero-order valence-corrected chi connectivity index (χ0v) is 12.2. The topological polar surface area (TPSA) is 48.7 Å². The van der Waals surface area contributed by atoms with Crippen LogP contribution in [0.4, 0.5) is 5.82 Å². The predicted octanol–water partition coefficient (Wildman–Crippen LogP) is 3.81. The van der Waals surface area contributed by atoms with Gasteiger partial charge in [0.1, 0.15) is 11.9 Å². The van der Waals surface area contributed by atoms with E-state index in [1.54, 1.807) is 0 Å². The van der Waals surface area contributed by atoms with Gasteiger partial charge in [-0.05, 0) is 50.2 Å². The molecule has 1 N–H and O–H groups in total. The highest BCUT2D eigenvalue weighted by Crippen LogP contribution is 2.29. The van der Waals surface area contributed by atoms with Crippen molar-refractivity contribution >= 4 is 5.82 Å². The molecule has 1 heterocycles. The standard InChI is InChI=1S/C16H23N3/c1-11-5-4-6-14(7-11)10-18-16-15(9-17)12(2)8-13(3)19-16/h8,11,14H,4-7,10H2,1-3H3,(H,18,19). The molecule has 0 spiro atoms. The third-order valence-corrected chi connectivity index (χ3v) is 4.06. The molecule has 0 amide bonds. The molecule has 2 rings (SSSR count). The van der Waals surface area contributed by atoms with Gasteiger partial charge in [-0.1, -0.05) is 19.8 Å². The molecule has 3 heteroatoms. The Morgan fingerprint density at radius 2 is 2.21 bits per heavy atom. The number of nitriles is 1. The van der Waals surface area contributed by atoms with Crippen LogP contribution in [0, 0.1) is 37.0 Å². The third kappa shape index (κ3) is 3.47. The molecule has 1 fully saturated rings. The van der Waals surface area contributed by atoms with Crippen molar-refractivity contribution in [3.05, 3.63) is 22.9 Å². The Balaban J connectivity index is 2.05.